The van der Waals surface area contributed by atoms with Gasteiger partial charge in [-0.25, -0.2) is 0 Å². The molecule has 0 heterocycles. The molecule has 0 radical (unpaired) electrons. The molecule has 200 valence electrons. The van der Waals surface area contributed by atoms with Crippen molar-refractivity contribution in [2.24, 2.45) is 0 Å². The number of hydrogen-bond donors (Lipinski definition) is 0. The molecular formula is C38H41Br. The van der Waals surface area contributed by atoms with Crippen molar-refractivity contribution in [1.82, 2.24) is 0 Å². The smallest absolute Gasteiger partial charge is 0.0654 e. The summed E-state index contributed by atoms with van der Waals surface area (Å²) in [7, 11) is 0. The van der Waals surface area contributed by atoms with Gasteiger partial charge in [-0.3, -0.25) is 0 Å². The molecule has 0 atom stereocenters. The van der Waals surface area contributed by atoms with Crippen LogP contribution in [0.4, 0.5) is 0 Å². The van der Waals surface area contributed by atoms with E-state index in [1.54, 1.807) is 5.56 Å². The van der Waals surface area contributed by atoms with Crippen LogP contribution in [0.15, 0.2) is 89.4 Å². The molecular weight excluding hydrogens is 536 g/mol. The number of hydrogen-bond acceptors (Lipinski definition) is 0. The van der Waals surface area contributed by atoms with Crippen LogP contribution in [-0.2, 0) is 5.41 Å². The summed E-state index contributed by atoms with van der Waals surface area (Å²) in [4.78, 5) is 0. The third-order valence-electron chi connectivity index (χ3n) is 9.36. The average Bonchev–Trinajstić information content (AvgIpc) is 3.43. The van der Waals surface area contributed by atoms with Crippen molar-refractivity contribution in [3.05, 3.63) is 117 Å². The summed E-state index contributed by atoms with van der Waals surface area (Å²) in [5.41, 5.74) is 12.6. The first-order chi connectivity index (χ1) is 19.2. The molecule has 6 rings (SSSR count). The minimum Gasteiger partial charge on any atom is -0.0654 e. The van der Waals surface area contributed by atoms with E-state index < -0.39 is 0 Å². The summed E-state index contributed by atoms with van der Waals surface area (Å²) >= 11 is 3.84. The second-order valence-electron chi connectivity index (χ2n) is 11.7. The van der Waals surface area contributed by atoms with E-state index in [0.717, 1.165) is 4.47 Å². The Labute approximate surface area is 244 Å². The van der Waals surface area contributed by atoms with Crippen molar-refractivity contribution in [2.75, 3.05) is 0 Å². The van der Waals surface area contributed by atoms with Crippen LogP contribution in [0.2, 0.25) is 0 Å². The molecule has 0 saturated carbocycles. The molecule has 1 heteroatoms. The number of unbranched alkanes of at least 4 members (excludes halogenated alkanes) is 6. The average molecular weight is 578 g/mol. The molecule has 0 saturated heterocycles. The van der Waals surface area contributed by atoms with Crippen molar-refractivity contribution >= 4 is 15.9 Å². The number of benzene rings is 4. The largest absolute Gasteiger partial charge is 0.0726 e. The highest BCUT2D eigenvalue weighted by molar-refractivity contribution is 9.10. The lowest BCUT2D eigenvalue weighted by molar-refractivity contribution is 0.496. The van der Waals surface area contributed by atoms with Gasteiger partial charge in [0.05, 0.1) is 5.41 Å². The Hall–Kier alpha value is -2.64. The summed E-state index contributed by atoms with van der Waals surface area (Å²) in [6.07, 6.45) is 13.3. The Kier molecular flexibility index (Phi) is 7.81. The lowest BCUT2D eigenvalue weighted by atomic mass is 9.70. The van der Waals surface area contributed by atoms with Gasteiger partial charge in [-0.15, -0.1) is 0 Å². The third-order valence-corrected chi connectivity index (χ3v) is 9.85. The molecule has 0 fully saturated rings. The lowest BCUT2D eigenvalue weighted by Gasteiger charge is -2.31. The molecule has 39 heavy (non-hydrogen) atoms. The van der Waals surface area contributed by atoms with Crippen LogP contribution in [0.3, 0.4) is 0 Å². The van der Waals surface area contributed by atoms with Crippen LogP contribution in [0.25, 0.3) is 22.3 Å². The van der Waals surface area contributed by atoms with E-state index in [9.17, 15) is 0 Å². The number of rotatable bonds is 11. The van der Waals surface area contributed by atoms with Gasteiger partial charge in [-0.2, -0.15) is 0 Å². The van der Waals surface area contributed by atoms with Crippen molar-refractivity contribution in [2.45, 2.75) is 89.4 Å². The number of fused-ring (bicyclic) bond motifs is 10. The molecule has 0 nitrogen and oxygen atoms in total. The van der Waals surface area contributed by atoms with Gasteiger partial charge >= 0.3 is 0 Å². The van der Waals surface area contributed by atoms with Gasteiger partial charge in [-0.05, 0) is 81.0 Å². The van der Waals surface area contributed by atoms with E-state index >= 15 is 0 Å². The fourth-order valence-electron chi connectivity index (χ4n) is 7.50. The standard InChI is InChI=1S/C38H41Br/c1-3-5-7-9-15-27(16-10-8-6-4-2)28-21-23-32-33-24-22-29(39)26-37(33)38(36(32)25-28)34-19-13-11-17-30(34)31-18-12-14-20-35(31)38/h11-14,17-27H,3-10,15-16H2,1-2H3. The molecule has 0 aliphatic heterocycles. The van der Waals surface area contributed by atoms with Gasteiger partial charge in [0.15, 0.2) is 0 Å². The molecule has 0 aromatic heterocycles. The van der Waals surface area contributed by atoms with Crippen LogP contribution in [0, 0.1) is 0 Å². The Balaban J connectivity index is 1.51. The molecule has 0 amide bonds. The van der Waals surface area contributed by atoms with Gasteiger partial charge in [0.1, 0.15) is 0 Å². The minimum atomic E-state index is -0.257. The van der Waals surface area contributed by atoms with E-state index in [1.807, 2.05) is 0 Å². The van der Waals surface area contributed by atoms with Crippen LogP contribution in [0.5, 0.6) is 0 Å². The lowest BCUT2D eigenvalue weighted by Crippen LogP contribution is -2.26. The highest BCUT2D eigenvalue weighted by atomic mass is 79.9. The summed E-state index contributed by atoms with van der Waals surface area (Å²) in [5, 5.41) is 0. The molecule has 2 aliphatic rings. The van der Waals surface area contributed by atoms with Crippen molar-refractivity contribution in [3.8, 4) is 22.3 Å². The van der Waals surface area contributed by atoms with Gasteiger partial charge in [-0.1, -0.05) is 154 Å². The van der Waals surface area contributed by atoms with Crippen LogP contribution >= 0.6 is 15.9 Å². The molecule has 1 spiro atoms. The maximum absolute atomic E-state index is 3.84. The van der Waals surface area contributed by atoms with Gasteiger partial charge in [0.2, 0.25) is 0 Å². The first kappa shape index (κ1) is 26.6. The first-order valence-corrected chi connectivity index (χ1v) is 16.1. The SMILES string of the molecule is CCCCCCC(CCCCCC)c1ccc2c(c1)C1(c3ccccc3-c3ccccc31)c1cc(Br)ccc1-2. The monoisotopic (exact) mass is 576 g/mol. The second-order valence-corrected chi connectivity index (χ2v) is 12.6. The summed E-state index contributed by atoms with van der Waals surface area (Å²) in [5.74, 6) is 0.642. The Morgan fingerprint density at radius 3 is 1.64 bits per heavy atom. The predicted molar refractivity (Wildman–Crippen MR) is 171 cm³/mol. The van der Waals surface area contributed by atoms with E-state index in [2.05, 4.69) is 115 Å². The Morgan fingerprint density at radius 2 is 1.05 bits per heavy atom. The fourth-order valence-corrected chi connectivity index (χ4v) is 7.86. The molecule has 0 bridgehead atoms. The van der Waals surface area contributed by atoms with Gasteiger partial charge in [0, 0.05) is 4.47 Å². The first-order valence-electron chi connectivity index (χ1n) is 15.3. The van der Waals surface area contributed by atoms with Crippen molar-refractivity contribution in [3.63, 3.8) is 0 Å². The molecule has 0 unspecified atom stereocenters. The van der Waals surface area contributed by atoms with E-state index in [4.69, 9.17) is 0 Å². The molecule has 4 aromatic rings. The number of halogens is 1. The van der Waals surface area contributed by atoms with Crippen LogP contribution < -0.4 is 0 Å². The second kappa shape index (κ2) is 11.5. The van der Waals surface area contributed by atoms with Crippen molar-refractivity contribution < 1.29 is 0 Å². The highest BCUT2D eigenvalue weighted by Crippen LogP contribution is 2.63. The summed E-state index contributed by atoms with van der Waals surface area (Å²) in [6.45, 7) is 4.63. The normalized spacial score (nSPS) is 13.9. The molecule has 2 aliphatic carbocycles. The zero-order valence-corrected chi connectivity index (χ0v) is 25.2. The van der Waals surface area contributed by atoms with Crippen LogP contribution in [0.1, 0.15) is 112 Å². The topological polar surface area (TPSA) is 0 Å². The van der Waals surface area contributed by atoms with Gasteiger partial charge in [0.25, 0.3) is 0 Å². The maximum Gasteiger partial charge on any atom is 0.0726 e. The molecule has 0 N–H and O–H groups in total. The van der Waals surface area contributed by atoms with E-state index in [1.165, 1.54) is 109 Å². The zero-order valence-electron chi connectivity index (χ0n) is 23.6. The highest BCUT2D eigenvalue weighted by Gasteiger charge is 2.51. The van der Waals surface area contributed by atoms with Crippen molar-refractivity contribution in [1.29, 1.82) is 0 Å². The predicted octanol–water partition coefficient (Wildman–Crippen LogP) is 11.8. The zero-order chi connectivity index (χ0) is 26.8. The maximum atomic E-state index is 3.84. The molecule has 4 aromatic carbocycles. The minimum absolute atomic E-state index is 0.257. The summed E-state index contributed by atoms with van der Waals surface area (Å²) < 4.78 is 1.15. The fraction of sp³-hybridized carbons (Fsp3) is 0.368. The Bertz CT molecular complexity index is 1400. The van der Waals surface area contributed by atoms with Crippen LogP contribution in [-0.4, -0.2) is 0 Å². The van der Waals surface area contributed by atoms with E-state index in [0.29, 0.717) is 5.92 Å². The van der Waals surface area contributed by atoms with E-state index in [-0.39, 0.29) is 5.41 Å². The quantitative estimate of drug-likeness (QED) is 0.134. The summed E-state index contributed by atoms with van der Waals surface area (Å²) in [6, 6.07) is 32.8. The third kappa shape index (κ3) is 4.51. The van der Waals surface area contributed by atoms with Gasteiger partial charge < -0.3 is 0 Å². The Morgan fingerprint density at radius 1 is 0.538 bits per heavy atom.